The highest BCUT2D eigenvalue weighted by molar-refractivity contribution is 7.99. The van der Waals surface area contributed by atoms with Crippen molar-refractivity contribution >= 4 is 33.4 Å². The van der Waals surface area contributed by atoms with Crippen molar-refractivity contribution in [3.63, 3.8) is 0 Å². The van der Waals surface area contributed by atoms with Crippen molar-refractivity contribution < 1.29 is 13.2 Å². The van der Waals surface area contributed by atoms with Gasteiger partial charge in [-0.3, -0.25) is 9.10 Å². The number of benzene rings is 2. The number of nitrogens with one attached hydrogen (secondary N) is 1. The molecule has 0 aliphatic carbocycles. The Morgan fingerprint density at radius 2 is 1.96 bits per heavy atom. The van der Waals surface area contributed by atoms with Crippen molar-refractivity contribution in [3.8, 4) is 0 Å². The average Bonchev–Trinajstić information content (AvgIpc) is 3.05. The van der Waals surface area contributed by atoms with E-state index in [0.29, 0.717) is 30.8 Å². The molecule has 1 heterocycles. The second-order valence-electron chi connectivity index (χ2n) is 6.20. The fourth-order valence-electron chi connectivity index (χ4n) is 2.94. The Hall–Kier alpha value is -1.99. The van der Waals surface area contributed by atoms with Crippen LogP contribution in [0.15, 0.2) is 53.4 Å². The van der Waals surface area contributed by atoms with Crippen LogP contribution in [0.5, 0.6) is 0 Å². The lowest BCUT2D eigenvalue weighted by atomic mass is 10.1. The van der Waals surface area contributed by atoms with Gasteiger partial charge in [0.05, 0.1) is 11.9 Å². The first-order valence-corrected chi connectivity index (χ1v) is 11.4. The summed E-state index contributed by atoms with van der Waals surface area (Å²) in [5, 5.41) is 2.93. The molecule has 1 amide bonds. The van der Waals surface area contributed by atoms with Gasteiger partial charge in [0.2, 0.25) is 10.0 Å². The maximum Gasteiger partial charge on any atom is 0.251 e. The number of thioether (sulfide) groups is 1. The van der Waals surface area contributed by atoms with Crippen LogP contribution in [0.25, 0.3) is 0 Å². The van der Waals surface area contributed by atoms with Crippen molar-refractivity contribution in [1.29, 1.82) is 0 Å². The summed E-state index contributed by atoms with van der Waals surface area (Å²) in [6.07, 6.45) is 2.73. The van der Waals surface area contributed by atoms with Crippen LogP contribution in [0.2, 0.25) is 0 Å². The van der Waals surface area contributed by atoms with E-state index in [0.717, 1.165) is 17.7 Å². The van der Waals surface area contributed by atoms with Gasteiger partial charge < -0.3 is 5.32 Å². The van der Waals surface area contributed by atoms with E-state index in [9.17, 15) is 13.2 Å². The normalized spacial score (nSPS) is 13.5. The van der Waals surface area contributed by atoms with Crippen LogP contribution in [-0.2, 0) is 16.4 Å². The zero-order chi connectivity index (χ0) is 18.6. The molecule has 0 bridgehead atoms. The number of rotatable bonds is 7. The Kier molecular flexibility index (Phi) is 5.88. The molecule has 0 radical (unpaired) electrons. The van der Waals surface area contributed by atoms with Crippen LogP contribution in [0.3, 0.4) is 0 Å². The third-order valence-corrected chi connectivity index (χ3v) is 6.49. The number of anilines is 1. The molecular weight excluding hydrogens is 368 g/mol. The molecule has 0 unspecified atom stereocenters. The average molecular weight is 391 g/mol. The second kappa shape index (κ2) is 8.14. The summed E-state index contributed by atoms with van der Waals surface area (Å²) < 4.78 is 24.9. The predicted octanol–water partition coefficient (Wildman–Crippen LogP) is 2.92. The van der Waals surface area contributed by atoms with Crippen LogP contribution in [-0.4, -0.2) is 39.4 Å². The molecule has 138 valence electrons. The third-order valence-electron chi connectivity index (χ3n) is 4.21. The summed E-state index contributed by atoms with van der Waals surface area (Å²) in [4.78, 5) is 13.5. The largest absolute Gasteiger partial charge is 0.352 e. The number of amides is 1. The van der Waals surface area contributed by atoms with Gasteiger partial charge in [-0.15, -0.1) is 11.8 Å². The zero-order valence-electron chi connectivity index (χ0n) is 14.6. The monoisotopic (exact) mass is 390 g/mol. The number of sulfonamides is 1. The molecule has 1 aliphatic heterocycles. The standard InChI is InChI=1S/C19H22N2O3S2/c1-26(23,24)21-12-10-15-14-16(8-9-18(15)21)19(22)20-11-5-13-25-17-6-3-2-4-7-17/h2-4,6-9,14H,5,10-13H2,1H3,(H,20,22). The summed E-state index contributed by atoms with van der Waals surface area (Å²) >= 11 is 1.77. The maximum absolute atomic E-state index is 12.3. The van der Waals surface area contributed by atoms with E-state index >= 15 is 0 Å². The Balaban J connectivity index is 1.50. The zero-order valence-corrected chi connectivity index (χ0v) is 16.3. The third kappa shape index (κ3) is 4.59. The van der Waals surface area contributed by atoms with Crippen LogP contribution < -0.4 is 9.62 Å². The summed E-state index contributed by atoms with van der Waals surface area (Å²) in [6.45, 7) is 1.06. The first-order chi connectivity index (χ1) is 12.4. The fraction of sp³-hybridized carbons (Fsp3) is 0.316. The Labute approximate surface area is 158 Å². The summed E-state index contributed by atoms with van der Waals surface area (Å²) in [5.74, 6) is 0.827. The number of fused-ring (bicyclic) bond motifs is 1. The molecule has 0 fully saturated rings. The van der Waals surface area contributed by atoms with Gasteiger partial charge in [-0.1, -0.05) is 18.2 Å². The van der Waals surface area contributed by atoms with Gasteiger partial charge in [0.15, 0.2) is 0 Å². The molecule has 0 saturated carbocycles. The van der Waals surface area contributed by atoms with E-state index in [1.807, 2.05) is 18.2 Å². The maximum atomic E-state index is 12.3. The number of carbonyl (C=O) groups is 1. The van der Waals surface area contributed by atoms with Gasteiger partial charge in [0, 0.05) is 23.5 Å². The molecule has 0 saturated heterocycles. The quantitative estimate of drug-likeness (QED) is 0.583. The molecule has 26 heavy (non-hydrogen) atoms. The van der Waals surface area contributed by atoms with Crippen LogP contribution in [0, 0.1) is 0 Å². The first kappa shape index (κ1) is 18.8. The van der Waals surface area contributed by atoms with Gasteiger partial charge in [-0.25, -0.2) is 8.42 Å². The van der Waals surface area contributed by atoms with E-state index in [1.165, 1.54) is 15.5 Å². The number of hydrogen-bond acceptors (Lipinski definition) is 4. The van der Waals surface area contributed by atoms with Crippen molar-refractivity contribution in [1.82, 2.24) is 5.32 Å². The highest BCUT2D eigenvalue weighted by atomic mass is 32.2. The summed E-state index contributed by atoms with van der Waals surface area (Å²) in [5.41, 5.74) is 2.17. The van der Waals surface area contributed by atoms with Crippen LogP contribution in [0.4, 0.5) is 5.69 Å². The lowest BCUT2D eigenvalue weighted by Gasteiger charge is -2.16. The Bertz CT molecular complexity index is 883. The second-order valence-corrected chi connectivity index (χ2v) is 9.27. The summed E-state index contributed by atoms with van der Waals surface area (Å²) in [7, 11) is -3.26. The molecule has 7 heteroatoms. The summed E-state index contributed by atoms with van der Waals surface area (Å²) in [6, 6.07) is 15.4. The van der Waals surface area contributed by atoms with Crippen LogP contribution >= 0.6 is 11.8 Å². The number of nitrogens with zero attached hydrogens (tertiary/aromatic N) is 1. The van der Waals surface area contributed by atoms with Gasteiger partial charge >= 0.3 is 0 Å². The highest BCUT2D eigenvalue weighted by Gasteiger charge is 2.26. The van der Waals surface area contributed by atoms with E-state index < -0.39 is 10.0 Å². The molecule has 0 atom stereocenters. The van der Waals surface area contributed by atoms with Crippen molar-refractivity contribution in [3.05, 3.63) is 59.7 Å². The number of carbonyl (C=O) groups excluding carboxylic acids is 1. The molecular formula is C19H22N2O3S2. The smallest absolute Gasteiger partial charge is 0.251 e. The SMILES string of the molecule is CS(=O)(=O)N1CCc2cc(C(=O)NCCCSc3ccccc3)ccc21. The Morgan fingerprint density at radius 3 is 2.69 bits per heavy atom. The molecule has 2 aromatic carbocycles. The van der Waals surface area contributed by atoms with E-state index in [2.05, 4.69) is 17.4 Å². The molecule has 0 spiro atoms. The van der Waals surface area contributed by atoms with Gasteiger partial charge in [-0.2, -0.15) is 0 Å². The molecule has 1 N–H and O–H groups in total. The topological polar surface area (TPSA) is 66.5 Å². The first-order valence-electron chi connectivity index (χ1n) is 8.52. The molecule has 5 nitrogen and oxygen atoms in total. The molecule has 1 aliphatic rings. The van der Waals surface area contributed by atoms with Gasteiger partial charge in [-0.05, 0) is 54.5 Å². The van der Waals surface area contributed by atoms with Crippen molar-refractivity contribution in [2.45, 2.75) is 17.7 Å². The molecule has 3 rings (SSSR count). The van der Waals surface area contributed by atoms with E-state index in [4.69, 9.17) is 0 Å². The van der Waals surface area contributed by atoms with E-state index in [-0.39, 0.29) is 5.91 Å². The minimum Gasteiger partial charge on any atom is -0.352 e. The minimum absolute atomic E-state index is 0.115. The van der Waals surface area contributed by atoms with Crippen molar-refractivity contribution in [2.75, 3.05) is 29.4 Å². The molecule has 0 aromatic heterocycles. The number of hydrogen-bond donors (Lipinski definition) is 1. The molecule has 2 aromatic rings. The fourth-order valence-corrected chi connectivity index (χ4v) is 4.77. The lowest BCUT2D eigenvalue weighted by Crippen LogP contribution is -2.27. The van der Waals surface area contributed by atoms with Gasteiger partial charge in [0.25, 0.3) is 5.91 Å². The minimum atomic E-state index is -3.26. The van der Waals surface area contributed by atoms with Crippen molar-refractivity contribution in [2.24, 2.45) is 0 Å². The van der Waals surface area contributed by atoms with Gasteiger partial charge in [0.1, 0.15) is 0 Å². The lowest BCUT2D eigenvalue weighted by molar-refractivity contribution is 0.0953. The highest BCUT2D eigenvalue weighted by Crippen LogP contribution is 2.30. The predicted molar refractivity (Wildman–Crippen MR) is 106 cm³/mol. The van der Waals surface area contributed by atoms with Crippen LogP contribution in [0.1, 0.15) is 22.3 Å². The van der Waals surface area contributed by atoms with E-state index in [1.54, 1.807) is 30.0 Å². The Morgan fingerprint density at radius 1 is 1.19 bits per heavy atom.